The molecule has 0 bridgehead atoms. The van der Waals surface area contributed by atoms with Crippen LogP contribution < -0.4 is 0 Å². The molecule has 1 fully saturated rings. The van der Waals surface area contributed by atoms with Gasteiger partial charge in [-0.3, -0.25) is 4.79 Å². The van der Waals surface area contributed by atoms with Gasteiger partial charge in [-0.2, -0.15) is 0 Å². The van der Waals surface area contributed by atoms with E-state index in [2.05, 4.69) is 16.9 Å². The van der Waals surface area contributed by atoms with Crippen LogP contribution in [0.4, 0.5) is 0 Å². The molecule has 1 aromatic carbocycles. The topological polar surface area (TPSA) is 49.3 Å². The highest BCUT2D eigenvalue weighted by Crippen LogP contribution is 2.31. The molecule has 1 amide bonds. The molecule has 2 aliphatic heterocycles. The van der Waals surface area contributed by atoms with Crippen LogP contribution >= 0.6 is 11.6 Å². The summed E-state index contributed by atoms with van der Waals surface area (Å²) >= 11 is 5.93. The maximum atomic E-state index is 12.8. The van der Waals surface area contributed by atoms with E-state index in [9.17, 15) is 4.79 Å². The van der Waals surface area contributed by atoms with Crippen molar-refractivity contribution in [2.24, 2.45) is 0 Å². The molecule has 0 aliphatic carbocycles. The number of aromatic nitrogens is 2. The van der Waals surface area contributed by atoms with E-state index in [1.807, 2.05) is 35.4 Å². The molecule has 3 heterocycles. The summed E-state index contributed by atoms with van der Waals surface area (Å²) in [6.07, 6.45) is 6.12. The highest BCUT2D eigenvalue weighted by Gasteiger charge is 2.32. The molecule has 27 heavy (non-hydrogen) atoms. The fourth-order valence-corrected chi connectivity index (χ4v) is 4.14. The van der Waals surface area contributed by atoms with E-state index in [1.54, 1.807) is 0 Å². The Morgan fingerprint density at radius 1 is 1.26 bits per heavy atom. The smallest absolute Gasteiger partial charge is 0.223 e. The van der Waals surface area contributed by atoms with Crippen molar-refractivity contribution in [3.8, 4) is 0 Å². The standard InChI is InChI=1S/C21H25ClN4O/c1-25-12-10-18-16(14-25)13-23-21(24-18)19-3-2-11-26(19)20(27)9-6-15-4-7-17(22)8-5-15/h4-5,7-8,13,19H,2-3,6,9-12,14H2,1H3/t19-/m1/s1. The zero-order valence-corrected chi connectivity index (χ0v) is 16.5. The minimum Gasteiger partial charge on any atom is -0.332 e. The first-order chi connectivity index (χ1) is 13.1. The second-order valence-electron chi connectivity index (χ2n) is 7.56. The van der Waals surface area contributed by atoms with Crippen LogP contribution in [0.2, 0.25) is 5.02 Å². The molecule has 0 radical (unpaired) electrons. The van der Waals surface area contributed by atoms with Crippen molar-refractivity contribution >= 4 is 17.5 Å². The van der Waals surface area contributed by atoms with Crippen LogP contribution in [-0.2, 0) is 24.2 Å². The summed E-state index contributed by atoms with van der Waals surface area (Å²) in [5.74, 6) is 1.00. The summed E-state index contributed by atoms with van der Waals surface area (Å²) < 4.78 is 0. The normalized spacial score (nSPS) is 19.9. The van der Waals surface area contributed by atoms with Gasteiger partial charge in [0.2, 0.25) is 5.91 Å². The molecule has 142 valence electrons. The lowest BCUT2D eigenvalue weighted by Gasteiger charge is -2.27. The molecule has 6 heteroatoms. The zero-order chi connectivity index (χ0) is 18.8. The first kappa shape index (κ1) is 18.4. The van der Waals surface area contributed by atoms with Crippen molar-refractivity contribution in [2.45, 2.75) is 44.7 Å². The minimum absolute atomic E-state index is 0.0210. The average molecular weight is 385 g/mol. The molecule has 2 aromatic rings. The lowest BCUT2D eigenvalue weighted by atomic mass is 10.1. The summed E-state index contributed by atoms with van der Waals surface area (Å²) in [6.45, 7) is 2.73. The second kappa shape index (κ2) is 7.95. The summed E-state index contributed by atoms with van der Waals surface area (Å²) in [4.78, 5) is 26.6. The zero-order valence-electron chi connectivity index (χ0n) is 15.7. The van der Waals surface area contributed by atoms with Gasteiger partial charge in [-0.05, 0) is 44.0 Å². The van der Waals surface area contributed by atoms with Crippen LogP contribution in [0, 0.1) is 0 Å². The molecule has 0 spiro atoms. The van der Waals surface area contributed by atoms with Crippen LogP contribution in [0.5, 0.6) is 0 Å². The Balaban J connectivity index is 1.44. The lowest BCUT2D eigenvalue weighted by molar-refractivity contribution is -0.132. The Morgan fingerprint density at radius 3 is 2.89 bits per heavy atom. The van der Waals surface area contributed by atoms with Gasteiger partial charge in [-0.1, -0.05) is 23.7 Å². The SMILES string of the molecule is CN1CCc2nc([C@H]3CCCN3C(=O)CCc3ccc(Cl)cc3)ncc2C1. The molecular formula is C21H25ClN4O. The van der Waals surface area contributed by atoms with Crippen LogP contribution in [-0.4, -0.2) is 45.8 Å². The highest BCUT2D eigenvalue weighted by atomic mass is 35.5. The Hall–Kier alpha value is -1.98. The third kappa shape index (κ3) is 4.14. The largest absolute Gasteiger partial charge is 0.332 e. The number of amides is 1. The molecule has 0 N–H and O–H groups in total. The van der Waals surface area contributed by atoms with E-state index >= 15 is 0 Å². The monoisotopic (exact) mass is 384 g/mol. The molecule has 1 atom stereocenters. The number of hydrogen-bond donors (Lipinski definition) is 0. The first-order valence-corrected chi connectivity index (χ1v) is 10.0. The Kier molecular flexibility index (Phi) is 5.41. The molecule has 1 saturated heterocycles. The molecule has 4 rings (SSSR count). The van der Waals surface area contributed by atoms with Gasteiger partial charge in [0.05, 0.1) is 6.04 Å². The van der Waals surface area contributed by atoms with Gasteiger partial charge in [0.25, 0.3) is 0 Å². The summed E-state index contributed by atoms with van der Waals surface area (Å²) in [6, 6.07) is 7.74. The number of nitrogens with zero attached hydrogens (tertiary/aromatic N) is 4. The number of halogens is 1. The van der Waals surface area contributed by atoms with Crippen LogP contribution in [0.25, 0.3) is 0 Å². The van der Waals surface area contributed by atoms with Crippen LogP contribution in [0.15, 0.2) is 30.5 Å². The molecule has 0 unspecified atom stereocenters. The van der Waals surface area contributed by atoms with Gasteiger partial charge in [0, 0.05) is 55.0 Å². The van der Waals surface area contributed by atoms with Crippen molar-refractivity contribution in [3.05, 3.63) is 58.1 Å². The number of carbonyl (C=O) groups is 1. The number of rotatable bonds is 4. The van der Waals surface area contributed by atoms with Gasteiger partial charge < -0.3 is 9.80 Å². The van der Waals surface area contributed by atoms with E-state index in [4.69, 9.17) is 16.6 Å². The molecule has 0 saturated carbocycles. The van der Waals surface area contributed by atoms with Crippen LogP contribution in [0.3, 0.4) is 0 Å². The number of benzene rings is 1. The van der Waals surface area contributed by atoms with E-state index < -0.39 is 0 Å². The van der Waals surface area contributed by atoms with E-state index in [1.165, 1.54) is 5.56 Å². The van der Waals surface area contributed by atoms with E-state index in [-0.39, 0.29) is 11.9 Å². The minimum atomic E-state index is 0.0210. The first-order valence-electron chi connectivity index (χ1n) is 9.67. The number of likely N-dealkylation sites (tertiary alicyclic amines) is 1. The predicted molar refractivity (Wildman–Crippen MR) is 106 cm³/mol. The number of aryl methyl sites for hydroxylation is 1. The lowest BCUT2D eigenvalue weighted by Crippen LogP contribution is -2.33. The van der Waals surface area contributed by atoms with Crippen LogP contribution in [0.1, 0.15) is 47.9 Å². The Labute approximate surface area is 165 Å². The van der Waals surface area contributed by atoms with Crippen molar-refractivity contribution in [1.29, 1.82) is 0 Å². The fourth-order valence-electron chi connectivity index (χ4n) is 4.01. The van der Waals surface area contributed by atoms with E-state index in [0.717, 1.165) is 67.4 Å². The second-order valence-corrected chi connectivity index (χ2v) is 8.00. The van der Waals surface area contributed by atoms with Gasteiger partial charge in [-0.25, -0.2) is 9.97 Å². The molecular weight excluding hydrogens is 360 g/mol. The third-order valence-electron chi connectivity index (χ3n) is 5.56. The number of fused-ring (bicyclic) bond motifs is 1. The molecule has 5 nitrogen and oxygen atoms in total. The van der Waals surface area contributed by atoms with Gasteiger partial charge in [-0.15, -0.1) is 0 Å². The Bertz CT molecular complexity index is 823. The van der Waals surface area contributed by atoms with Crippen molar-refractivity contribution in [3.63, 3.8) is 0 Å². The van der Waals surface area contributed by atoms with Crippen molar-refractivity contribution in [2.75, 3.05) is 20.1 Å². The van der Waals surface area contributed by atoms with Crippen molar-refractivity contribution < 1.29 is 4.79 Å². The quantitative estimate of drug-likeness (QED) is 0.810. The summed E-state index contributed by atoms with van der Waals surface area (Å²) in [5, 5.41) is 0.723. The predicted octanol–water partition coefficient (Wildman–Crippen LogP) is 3.41. The van der Waals surface area contributed by atoms with Gasteiger partial charge >= 0.3 is 0 Å². The molecule has 2 aliphatic rings. The molecule has 1 aromatic heterocycles. The van der Waals surface area contributed by atoms with E-state index in [0.29, 0.717) is 6.42 Å². The highest BCUT2D eigenvalue weighted by molar-refractivity contribution is 6.30. The number of hydrogen-bond acceptors (Lipinski definition) is 4. The number of carbonyl (C=O) groups excluding carboxylic acids is 1. The maximum absolute atomic E-state index is 12.8. The summed E-state index contributed by atoms with van der Waals surface area (Å²) in [5.41, 5.74) is 3.50. The fraction of sp³-hybridized carbons (Fsp3) is 0.476. The maximum Gasteiger partial charge on any atom is 0.223 e. The van der Waals surface area contributed by atoms with Crippen molar-refractivity contribution in [1.82, 2.24) is 19.8 Å². The third-order valence-corrected chi connectivity index (χ3v) is 5.81. The average Bonchev–Trinajstić information content (AvgIpc) is 3.17. The number of likely N-dealkylation sites (N-methyl/N-ethyl adjacent to an activating group) is 1. The van der Waals surface area contributed by atoms with Gasteiger partial charge in [0.15, 0.2) is 5.82 Å². The Morgan fingerprint density at radius 2 is 2.07 bits per heavy atom. The summed E-state index contributed by atoms with van der Waals surface area (Å²) in [7, 11) is 2.12. The van der Waals surface area contributed by atoms with Gasteiger partial charge in [0.1, 0.15) is 0 Å².